The molecular weight excluding hydrogens is 304 g/mol. The highest BCUT2D eigenvalue weighted by atomic mass is 16.5. The summed E-state index contributed by atoms with van der Waals surface area (Å²) in [5.74, 6) is -0.249. The summed E-state index contributed by atoms with van der Waals surface area (Å²) in [6.07, 6.45) is 3.23. The fourth-order valence-electron chi connectivity index (χ4n) is 4.62. The average Bonchev–Trinajstić information content (AvgIpc) is 3.13. The Morgan fingerprint density at radius 3 is 2.92 bits per heavy atom. The second kappa shape index (κ2) is 6.14. The minimum Gasteiger partial charge on any atom is -0.457 e. The first-order chi connectivity index (χ1) is 11.6. The highest BCUT2D eigenvalue weighted by molar-refractivity contribution is 5.93. The Balaban J connectivity index is 1.46. The third-order valence-electron chi connectivity index (χ3n) is 6.18. The number of benzene rings is 1. The van der Waals surface area contributed by atoms with Gasteiger partial charge < -0.3 is 15.2 Å². The standard InChI is InChI=1S/C19H26N2O3/c1-13-14(2-3-15-16(13)11-24-18(15)23)17(22)10-21-9-6-19(12-21)4-7-20-8-5-19/h2-3,17,20,22H,4-12H2,1H3. The number of ether oxygens (including phenoxy) is 1. The van der Waals surface area contributed by atoms with Crippen LogP contribution in [0.15, 0.2) is 12.1 Å². The zero-order valence-electron chi connectivity index (χ0n) is 14.3. The van der Waals surface area contributed by atoms with Gasteiger partial charge in [-0.1, -0.05) is 6.07 Å². The Kier molecular flexibility index (Phi) is 4.11. The molecule has 0 aromatic heterocycles. The Morgan fingerprint density at radius 2 is 2.12 bits per heavy atom. The van der Waals surface area contributed by atoms with Gasteiger partial charge in [0.2, 0.25) is 0 Å². The molecule has 0 amide bonds. The molecule has 0 aliphatic carbocycles. The lowest BCUT2D eigenvalue weighted by Crippen LogP contribution is -2.39. The van der Waals surface area contributed by atoms with E-state index in [1.54, 1.807) is 6.07 Å². The normalized spacial score (nSPS) is 24.2. The summed E-state index contributed by atoms with van der Waals surface area (Å²) >= 11 is 0. The largest absolute Gasteiger partial charge is 0.457 e. The summed E-state index contributed by atoms with van der Waals surface area (Å²) < 4.78 is 5.11. The van der Waals surface area contributed by atoms with Crippen molar-refractivity contribution in [2.24, 2.45) is 5.41 Å². The average molecular weight is 330 g/mol. The molecule has 4 rings (SSSR count). The van der Waals surface area contributed by atoms with Crippen molar-refractivity contribution < 1.29 is 14.6 Å². The number of β-amino-alcohol motifs (C(OH)–C–C–N with tert-alkyl or cyclic N) is 1. The Bertz CT molecular complexity index is 652. The van der Waals surface area contributed by atoms with Gasteiger partial charge in [0.05, 0.1) is 11.7 Å². The predicted molar refractivity (Wildman–Crippen MR) is 90.9 cm³/mol. The topological polar surface area (TPSA) is 61.8 Å². The number of esters is 1. The summed E-state index contributed by atoms with van der Waals surface area (Å²) in [5.41, 5.74) is 3.98. The molecule has 0 bridgehead atoms. The predicted octanol–water partition coefficient (Wildman–Crippen LogP) is 1.77. The molecule has 2 N–H and O–H groups in total. The molecule has 3 aliphatic heterocycles. The molecule has 5 nitrogen and oxygen atoms in total. The van der Waals surface area contributed by atoms with Crippen LogP contribution in [-0.4, -0.2) is 48.7 Å². The van der Waals surface area contributed by atoms with Crippen molar-refractivity contribution in [1.82, 2.24) is 10.2 Å². The molecule has 3 aliphatic rings. The number of piperidine rings is 1. The third-order valence-corrected chi connectivity index (χ3v) is 6.18. The molecule has 0 saturated carbocycles. The van der Waals surface area contributed by atoms with Crippen LogP contribution in [0.4, 0.5) is 0 Å². The second-order valence-corrected chi connectivity index (χ2v) is 7.63. The number of aliphatic hydroxyl groups excluding tert-OH is 1. The van der Waals surface area contributed by atoms with Crippen molar-refractivity contribution in [3.05, 3.63) is 34.4 Å². The summed E-state index contributed by atoms with van der Waals surface area (Å²) in [5, 5.41) is 14.2. The number of hydrogen-bond donors (Lipinski definition) is 2. The van der Waals surface area contributed by atoms with Crippen LogP contribution in [0.5, 0.6) is 0 Å². The van der Waals surface area contributed by atoms with Crippen LogP contribution in [-0.2, 0) is 11.3 Å². The van der Waals surface area contributed by atoms with Gasteiger partial charge >= 0.3 is 5.97 Å². The molecule has 2 saturated heterocycles. The summed E-state index contributed by atoms with van der Waals surface area (Å²) in [6, 6.07) is 3.69. The monoisotopic (exact) mass is 330 g/mol. The van der Waals surface area contributed by atoms with Gasteiger partial charge in [-0.3, -0.25) is 4.90 Å². The zero-order chi connectivity index (χ0) is 16.7. The zero-order valence-corrected chi connectivity index (χ0v) is 14.3. The van der Waals surface area contributed by atoms with Gasteiger partial charge in [0.25, 0.3) is 0 Å². The number of rotatable bonds is 3. The number of carbonyl (C=O) groups excluding carboxylic acids is 1. The maximum absolute atomic E-state index is 11.7. The van der Waals surface area contributed by atoms with E-state index >= 15 is 0 Å². The van der Waals surface area contributed by atoms with Crippen LogP contribution in [0.3, 0.4) is 0 Å². The SMILES string of the molecule is Cc1c(C(O)CN2CCC3(CCNCC3)C2)ccc2c1COC2=O. The van der Waals surface area contributed by atoms with Gasteiger partial charge in [0.1, 0.15) is 6.61 Å². The highest BCUT2D eigenvalue weighted by Crippen LogP contribution is 2.39. The van der Waals surface area contributed by atoms with Crippen molar-refractivity contribution in [2.45, 2.75) is 38.9 Å². The van der Waals surface area contributed by atoms with Crippen LogP contribution in [0.1, 0.15) is 52.4 Å². The fraction of sp³-hybridized carbons (Fsp3) is 0.632. The maximum Gasteiger partial charge on any atom is 0.338 e. The lowest BCUT2D eigenvalue weighted by molar-refractivity contribution is 0.0535. The van der Waals surface area contributed by atoms with Crippen LogP contribution >= 0.6 is 0 Å². The van der Waals surface area contributed by atoms with E-state index in [1.807, 2.05) is 13.0 Å². The Labute approximate surface area is 143 Å². The second-order valence-electron chi connectivity index (χ2n) is 7.63. The van der Waals surface area contributed by atoms with E-state index in [0.717, 1.165) is 42.9 Å². The first kappa shape index (κ1) is 16.1. The molecule has 1 atom stereocenters. The van der Waals surface area contributed by atoms with Gasteiger partial charge in [-0.25, -0.2) is 4.79 Å². The van der Waals surface area contributed by atoms with E-state index in [4.69, 9.17) is 4.74 Å². The van der Waals surface area contributed by atoms with E-state index in [2.05, 4.69) is 10.2 Å². The van der Waals surface area contributed by atoms with Crippen molar-refractivity contribution in [1.29, 1.82) is 0 Å². The van der Waals surface area contributed by atoms with Crippen molar-refractivity contribution >= 4 is 5.97 Å². The van der Waals surface area contributed by atoms with E-state index in [9.17, 15) is 9.90 Å². The molecule has 2 fully saturated rings. The number of nitrogens with one attached hydrogen (secondary N) is 1. The van der Waals surface area contributed by atoms with Gasteiger partial charge in [-0.2, -0.15) is 0 Å². The van der Waals surface area contributed by atoms with Gasteiger partial charge in [0, 0.05) is 18.7 Å². The number of hydrogen-bond acceptors (Lipinski definition) is 5. The molecule has 130 valence electrons. The van der Waals surface area contributed by atoms with Crippen molar-refractivity contribution in [3.8, 4) is 0 Å². The smallest absolute Gasteiger partial charge is 0.338 e. The molecular formula is C19H26N2O3. The van der Waals surface area contributed by atoms with Crippen LogP contribution in [0, 0.1) is 12.3 Å². The van der Waals surface area contributed by atoms with E-state index < -0.39 is 6.10 Å². The van der Waals surface area contributed by atoms with E-state index in [0.29, 0.717) is 24.1 Å². The first-order valence-electron chi connectivity index (χ1n) is 8.99. The number of fused-ring (bicyclic) bond motifs is 1. The maximum atomic E-state index is 11.7. The number of likely N-dealkylation sites (tertiary alicyclic amines) is 1. The van der Waals surface area contributed by atoms with Crippen LogP contribution < -0.4 is 5.32 Å². The van der Waals surface area contributed by atoms with E-state index in [-0.39, 0.29) is 5.97 Å². The third kappa shape index (κ3) is 2.75. The van der Waals surface area contributed by atoms with Crippen molar-refractivity contribution in [2.75, 3.05) is 32.7 Å². The van der Waals surface area contributed by atoms with Gasteiger partial charge in [0.15, 0.2) is 0 Å². The lowest BCUT2D eigenvalue weighted by Gasteiger charge is -2.34. The highest BCUT2D eigenvalue weighted by Gasteiger charge is 2.39. The van der Waals surface area contributed by atoms with Crippen molar-refractivity contribution in [3.63, 3.8) is 0 Å². The number of carbonyl (C=O) groups is 1. The summed E-state index contributed by atoms with van der Waals surface area (Å²) in [7, 11) is 0. The molecule has 5 heteroatoms. The minimum atomic E-state index is -0.511. The minimum absolute atomic E-state index is 0.249. The number of nitrogens with zero attached hydrogens (tertiary/aromatic N) is 1. The molecule has 3 heterocycles. The molecule has 1 spiro atoms. The summed E-state index contributed by atoms with van der Waals surface area (Å²) in [4.78, 5) is 14.1. The quantitative estimate of drug-likeness (QED) is 0.827. The Morgan fingerprint density at radius 1 is 1.33 bits per heavy atom. The van der Waals surface area contributed by atoms with Crippen LogP contribution in [0.2, 0.25) is 0 Å². The molecule has 0 radical (unpaired) electrons. The number of cyclic esters (lactones) is 1. The summed E-state index contributed by atoms with van der Waals surface area (Å²) in [6.45, 7) is 7.39. The van der Waals surface area contributed by atoms with Gasteiger partial charge in [-0.05, 0) is 68.4 Å². The first-order valence-corrected chi connectivity index (χ1v) is 8.99. The number of aliphatic hydroxyl groups is 1. The fourth-order valence-corrected chi connectivity index (χ4v) is 4.62. The molecule has 24 heavy (non-hydrogen) atoms. The van der Waals surface area contributed by atoms with Crippen LogP contribution in [0.25, 0.3) is 0 Å². The van der Waals surface area contributed by atoms with Gasteiger partial charge in [-0.15, -0.1) is 0 Å². The molecule has 1 unspecified atom stereocenters. The Hall–Kier alpha value is -1.43. The lowest BCUT2D eigenvalue weighted by atomic mass is 9.78. The van der Waals surface area contributed by atoms with E-state index in [1.165, 1.54) is 19.3 Å². The molecule has 1 aromatic carbocycles. The molecule has 1 aromatic rings.